The van der Waals surface area contributed by atoms with Crippen molar-refractivity contribution in [1.29, 1.82) is 0 Å². The number of benzene rings is 1. The minimum atomic E-state index is -1.17. The number of nitrogen functional groups attached to an aromatic ring is 1. The van der Waals surface area contributed by atoms with Gasteiger partial charge in [0.1, 0.15) is 0 Å². The van der Waals surface area contributed by atoms with Crippen molar-refractivity contribution in [3.8, 4) is 0 Å². The Morgan fingerprint density at radius 1 is 1.46 bits per heavy atom. The van der Waals surface area contributed by atoms with Crippen LogP contribution < -0.4 is 11.1 Å². The molecule has 0 saturated heterocycles. The fourth-order valence-corrected chi connectivity index (χ4v) is 0.826. The summed E-state index contributed by atoms with van der Waals surface area (Å²) in [5.41, 5.74) is 4.75. The summed E-state index contributed by atoms with van der Waals surface area (Å²) in [5.74, 6) is -2.87. The topological polar surface area (TPSA) is 55.1 Å². The lowest BCUT2D eigenvalue weighted by atomic mass is 10.2. The molecule has 0 spiro atoms. The molecule has 3 N–H and O–H groups in total. The number of halogens is 2. The van der Waals surface area contributed by atoms with E-state index in [1.807, 2.05) is 0 Å². The zero-order valence-electron chi connectivity index (χ0n) is 6.60. The highest BCUT2D eigenvalue weighted by atomic mass is 19.2. The zero-order valence-corrected chi connectivity index (χ0v) is 6.60. The summed E-state index contributed by atoms with van der Waals surface area (Å²) < 4.78 is 25.3. The lowest BCUT2D eigenvalue weighted by Crippen LogP contribution is -2.09. The summed E-state index contributed by atoms with van der Waals surface area (Å²) in [6.45, 7) is 3.01. The predicted molar refractivity (Wildman–Crippen MR) is 44.8 cm³/mol. The van der Waals surface area contributed by atoms with E-state index in [0.29, 0.717) is 0 Å². The number of anilines is 2. The van der Waals surface area contributed by atoms with Crippen LogP contribution in [-0.4, -0.2) is 5.91 Å². The highest BCUT2D eigenvalue weighted by molar-refractivity contribution is 5.96. The number of hydrogen-bond donors (Lipinski definition) is 2. The van der Waals surface area contributed by atoms with Crippen molar-refractivity contribution in [1.82, 2.24) is 0 Å². The van der Waals surface area contributed by atoms with Gasteiger partial charge < -0.3 is 11.1 Å². The van der Waals surface area contributed by atoms with Crippen molar-refractivity contribution in [3.63, 3.8) is 0 Å². The number of nitrogens with two attached hydrogens (primary N) is 1. The van der Waals surface area contributed by atoms with Gasteiger partial charge in [-0.3, -0.25) is 4.79 Å². The van der Waals surface area contributed by atoms with Gasteiger partial charge in [-0.15, -0.1) is 0 Å². The Bertz CT molecular complexity index is 352. The SMILES string of the molecule is [CH2]C(=O)Nc1ccc(F)c(F)c1N. The average Bonchev–Trinajstić information content (AvgIpc) is 2.06. The summed E-state index contributed by atoms with van der Waals surface area (Å²) >= 11 is 0. The lowest BCUT2D eigenvalue weighted by molar-refractivity contribution is -0.112. The molecular weight excluding hydrogens is 178 g/mol. The molecule has 0 aromatic heterocycles. The van der Waals surface area contributed by atoms with Gasteiger partial charge in [-0.25, -0.2) is 8.78 Å². The summed E-state index contributed by atoms with van der Waals surface area (Å²) in [5, 5.41) is 2.16. The van der Waals surface area contributed by atoms with Gasteiger partial charge in [-0.2, -0.15) is 0 Å². The third kappa shape index (κ3) is 1.93. The van der Waals surface area contributed by atoms with Gasteiger partial charge in [-0.1, -0.05) is 0 Å². The van der Waals surface area contributed by atoms with Crippen LogP contribution in [0.25, 0.3) is 0 Å². The zero-order chi connectivity index (χ0) is 10.0. The first-order valence-corrected chi connectivity index (χ1v) is 3.39. The van der Waals surface area contributed by atoms with Crippen molar-refractivity contribution in [2.24, 2.45) is 0 Å². The number of hydrogen-bond acceptors (Lipinski definition) is 2. The Kier molecular flexibility index (Phi) is 2.46. The second-order valence-corrected chi connectivity index (χ2v) is 2.37. The molecule has 0 fully saturated rings. The first kappa shape index (κ1) is 9.44. The van der Waals surface area contributed by atoms with E-state index in [1.54, 1.807) is 0 Å². The largest absolute Gasteiger partial charge is 0.395 e. The second-order valence-electron chi connectivity index (χ2n) is 2.37. The molecule has 0 heterocycles. The van der Waals surface area contributed by atoms with Crippen LogP contribution in [0.2, 0.25) is 0 Å². The summed E-state index contributed by atoms with van der Waals surface area (Å²) in [4.78, 5) is 10.5. The van der Waals surface area contributed by atoms with Gasteiger partial charge in [0, 0.05) is 6.92 Å². The molecule has 0 aliphatic carbocycles. The van der Waals surface area contributed by atoms with Crippen molar-refractivity contribution < 1.29 is 13.6 Å². The van der Waals surface area contributed by atoms with Gasteiger partial charge in [0.15, 0.2) is 11.6 Å². The first-order valence-electron chi connectivity index (χ1n) is 3.39. The smallest absolute Gasteiger partial charge is 0.224 e. The van der Waals surface area contributed by atoms with E-state index in [-0.39, 0.29) is 5.69 Å². The number of amides is 1. The maximum Gasteiger partial charge on any atom is 0.224 e. The van der Waals surface area contributed by atoms with Gasteiger partial charge in [0.25, 0.3) is 0 Å². The predicted octanol–water partition coefficient (Wildman–Crippen LogP) is 1.32. The number of nitrogens with one attached hydrogen (secondary N) is 1. The van der Waals surface area contributed by atoms with Crippen LogP contribution in [0.4, 0.5) is 20.2 Å². The lowest BCUT2D eigenvalue weighted by Gasteiger charge is -2.06. The van der Waals surface area contributed by atoms with Crippen LogP contribution in [0, 0.1) is 18.6 Å². The number of rotatable bonds is 1. The van der Waals surface area contributed by atoms with E-state index in [2.05, 4.69) is 12.2 Å². The van der Waals surface area contributed by atoms with E-state index >= 15 is 0 Å². The third-order valence-electron chi connectivity index (χ3n) is 1.41. The molecule has 0 bridgehead atoms. The standard InChI is InChI=1S/C8H7F2N2O/c1-4(13)12-6-3-2-5(9)7(10)8(6)11/h2-3H,1,11H2,(H,12,13). The molecule has 5 heteroatoms. The van der Waals surface area contributed by atoms with E-state index in [9.17, 15) is 13.6 Å². The molecule has 0 atom stereocenters. The second kappa shape index (κ2) is 3.38. The molecule has 0 aliphatic heterocycles. The molecule has 0 unspecified atom stereocenters. The Balaban J connectivity index is 3.10. The minimum absolute atomic E-state index is 0.0129. The van der Waals surface area contributed by atoms with Crippen molar-refractivity contribution in [2.75, 3.05) is 11.1 Å². The Labute approximate surface area is 73.5 Å². The van der Waals surface area contributed by atoms with Crippen molar-refractivity contribution in [2.45, 2.75) is 0 Å². The maximum atomic E-state index is 12.8. The molecule has 3 nitrogen and oxygen atoms in total. The van der Waals surface area contributed by atoms with E-state index in [0.717, 1.165) is 12.1 Å². The van der Waals surface area contributed by atoms with E-state index in [4.69, 9.17) is 5.73 Å². The van der Waals surface area contributed by atoms with Crippen LogP contribution in [0.3, 0.4) is 0 Å². The normalized spacial score (nSPS) is 9.77. The number of carbonyl (C=O) groups is 1. The molecule has 1 amide bonds. The number of carbonyl (C=O) groups excluding carboxylic acids is 1. The Hall–Kier alpha value is -1.65. The minimum Gasteiger partial charge on any atom is -0.395 e. The molecule has 0 aliphatic rings. The van der Waals surface area contributed by atoms with Crippen LogP contribution >= 0.6 is 0 Å². The molecular formula is C8H7F2N2O. The van der Waals surface area contributed by atoms with Crippen molar-refractivity contribution >= 4 is 17.3 Å². The van der Waals surface area contributed by atoms with E-state index < -0.39 is 23.2 Å². The fraction of sp³-hybridized carbons (Fsp3) is 0. The Morgan fingerprint density at radius 3 is 2.62 bits per heavy atom. The Morgan fingerprint density at radius 2 is 2.08 bits per heavy atom. The summed E-state index contributed by atoms with van der Waals surface area (Å²) in [6, 6.07) is 2.04. The van der Waals surface area contributed by atoms with Crippen molar-refractivity contribution in [3.05, 3.63) is 30.7 Å². The molecule has 13 heavy (non-hydrogen) atoms. The van der Waals surface area contributed by atoms with Gasteiger partial charge >= 0.3 is 0 Å². The molecule has 1 aromatic carbocycles. The average molecular weight is 185 g/mol. The van der Waals surface area contributed by atoms with Gasteiger partial charge in [-0.05, 0) is 12.1 Å². The van der Waals surface area contributed by atoms with Gasteiger partial charge in [0.05, 0.1) is 11.4 Å². The van der Waals surface area contributed by atoms with Crippen LogP contribution in [0.5, 0.6) is 0 Å². The first-order chi connectivity index (χ1) is 6.02. The van der Waals surface area contributed by atoms with E-state index in [1.165, 1.54) is 0 Å². The molecule has 1 aromatic rings. The van der Waals surface area contributed by atoms with Crippen LogP contribution in [0.1, 0.15) is 0 Å². The fourth-order valence-electron chi connectivity index (χ4n) is 0.826. The summed E-state index contributed by atoms with van der Waals surface area (Å²) in [7, 11) is 0. The van der Waals surface area contributed by atoms with Crippen LogP contribution in [0.15, 0.2) is 12.1 Å². The molecule has 1 rings (SSSR count). The highest BCUT2D eigenvalue weighted by Crippen LogP contribution is 2.23. The maximum absolute atomic E-state index is 12.8. The molecule has 69 valence electrons. The monoisotopic (exact) mass is 185 g/mol. The molecule has 0 saturated carbocycles. The van der Waals surface area contributed by atoms with Crippen LogP contribution in [-0.2, 0) is 4.79 Å². The summed E-state index contributed by atoms with van der Waals surface area (Å²) in [6.07, 6.45) is 0. The highest BCUT2D eigenvalue weighted by Gasteiger charge is 2.10. The van der Waals surface area contributed by atoms with Gasteiger partial charge in [0.2, 0.25) is 5.91 Å². The third-order valence-corrected chi connectivity index (χ3v) is 1.41. The molecule has 1 radical (unpaired) electrons. The quantitative estimate of drug-likeness (QED) is 0.648.